The van der Waals surface area contributed by atoms with Crippen molar-refractivity contribution in [3.8, 4) is 17.1 Å². The summed E-state index contributed by atoms with van der Waals surface area (Å²) in [7, 11) is 1.69. The zero-order chi connectivity index (χ0) is 20.1. The van der Waals surface area contributed by atoms with E-state index in [1.807, 2.05) is 24.3 Å². The van der Waals surface area contributed by atoms with Crippen molar-refractivity contribution in [1.82, 2.24) is 25.5 Å². The Labute approximate surface area is 164 Å². The molecular formula is C18H15F3N6S. The highest BCUT2D eigenvalue weighted by Gasteiger charge is 2.30. The van der Waals surface area contributed by atoms with E-state index in [1.165, 1.54) is 23.1 Å². The highest BCUT2D eigenvalue weighted by atomic mass is 32.1. The number of halogens is 3. The molecule has 0 bridgehead atoms. The average Bonchev–Trinajstić information content (AvgIpc) is 3.18. The fraction of sp³-hybridized carbons (Fsp3) is 0.111. The lowest BCUT2D eigenvalue weighted by Gasteiger charge is -2.07. The molecule has 10 heteroatoms. The first-order chi connectivity index (χ1) is 13.4. The highest BCUT2D eigenvalue weighted by Crippen LogP contribution is 2.29. The maximum absolute atomic E-state index is 12.7. The van der Waals surface area contributed by atoms with Crippen LogP contribution in [0.5, 0.6) is 0 Å². The number of thiocarbonyl (C=S) groups is 1. The number of hydrogen-bond donors (Lipinski definition) is 2. The predicted octanol–water partition coefficient (Wildman–Crippen LogP) is 3.38. The molecule has 0 unspecified atom stereocenters. The van der Waals surface area contributed by atoms with Gasteiger partial charge in [-0.25, -0.2) is 9.67 Å². The van der Waals surface area contributed by atoms with Crippen LogP contribution in [0.3, 0.4) is 0 Å². The molecule has 0 fully saturated rings. The van der Waals surface area contributed by atoms with E-state index < -0.39 is 11.7 Å². The molecule has 2 aromatic carbocycles. The molecule has 0 aliphatic carbocycles. The Morgan fingerprint density at radius 3 is 2.39 bits per heavy atom. The largest absolute Gasteiger partial charge is 0.416 e. The molecule has 1 heterocycles. The van der Waals surface area contributed by atoms with Crippen LogP contribution < -0.4 is 10.7 Å². The number of nitrogens with one attached hydrogen (secondary N) is 2. The van der Waals surface area contributed by atoms with Gasteiger partial charge < -0.3 is 5.32 Å². The number of benzene rings is 2. The van der Waals surface area contributed by atoms with Crippen LogP contribution in [-0.2, 0) is 6.18 Å². The normalized spacial score (nSPS) is 11.6. The van der Waals surface area contributed by atoms with Crippen molar-refractivity contribution in [3.63, 3.8) is 0 Å². The minimum Gasteiger partial charge on any atom is -0.364 e. The summed E-state index contributed by atoms with van der Waals surface area (Å²) in [6.07, 6.45) is -1.30. The number of alkyl halides is 3. The molecule has 0 aliphatic rings. The van der Waals surface area contributed by atoms with Crippen LogP contribution in [0.4, 0.5) is 13.2 Å². The van der Waals surface area contributed by atoms with Gasteiger partial charge in [-0.2, -0.15) is 18.3 Å². The molecule has 2 N–H and O–H groups in total. The van der Waals surface area contributed by atoms with Crippen molar-refractivity contribution in [2.24, 2.45) is 5.10 Å². The van der Waals surface area contributed by atoms with Crippen molar-refractivity contribution in [2.45, 2.75) is 6.18 Å². The maximum atomic E-state index is 12.7. The third-order valence-electron chi connectivity index (χ3n) is 3.73. The second-order valence-electron chi connectivity index (χ2n) is 5.63. The third kappa shape index (κ3) is 4.71. The van der Waals surface area contributed by atoms with Gasteiger partial charge in [-0.3, -0.25) is 5.43 Å². The first-order valence-electron chi connectivity index (χ1n) is 8.07. The topological polar surface area (TPSA) is 67.1 Å². The van der Waals surface area contributed by atoms with Crippen molar-refractivity contribution in [2.75, 3.05) is 7.05 Å². The lowest BCUT2D eigenvalue weighted by molar-refractivity contribution is -0.137. The van der Waals surface area contributed by atoms with E-state index in [4.69, 9.17) is 12.2 Å². The molecule has 0 atom stereocenters. The van der Waals surface area contributed by atoms with E-state index in [-0.39, 0.29) is 0 Å². The van der Waals surface area contributed by atoms with Crippen molar-refractivity contribution < 1.29 is 13.2 Å². The fourth-order valence-corrected chi connectivity index (χ4v) is 2.32. The molecule has 3 aromatic rings. The molecule has 6 nitrogen and oxygen atoms in total. The van der Waals surface area contributed by atoms with Crippen molar-refractivity contribution in [1.29, 1.82) is 0 Å². The summed E-state index contributed by atoms with van der Waals surface area (Å²) in [4.78, 5) is 4.22. The third-order valence-corrected chi connectivity index (χ3v) is 4.02. The summed E-state index contributed by atoms with van der Waals surface area (Å²) in [5.74, 6) is 0.456. The zero-order valence-electron chi connectivity index (χ0n) is 14.6. The van der Waals surface area contributed by atoms with Crippen LogP contribution in [0, 0.1) is 0 Å². The van der Waals surface area contributed by atoms with Gasteiger partial charge in [0.1, 0.15) is 6.33 Å². The van der Waals surface area contributed by atoms with Crippen LogP contribution in [0.2, 0.25) is 0 Å². The van der Waals surface area contributed by atoms with Crippen LogP contribution >= 0.6 is 12.2 Å². The van der Waals surface area contributed by atoms with Gasteiger partial charge in [0.2, 0.25) is 0 Å². The minimum absolute atomic E-state index is 0.408. The van der Waals surface area contributed by atoms with E-state index in [2.05, 4.69) is 25.9 Å². The summed E-state index contributed by atoms with van der Waals surface area (Å²) in [6, 6.07) is 12.0. The van der Waals surface area contributed by atoms with Gasteiger partial charge in [0.05, 0.1) is 17.5 Å². The van der Waals surface area contributed by atoms with E-state index in [9.17, 15) is 13.2 Å². The Morgan fingerprint density at radius 2 is 1.79 bits per heavy atom. The van der Waals surface area contributed by atoms with E-state index in [0.29, 0.717) is 16.6 Å². The quantitative estimate of drug-likeness (QED) is 0.397. The predicted molar refractivity (Wildman–Crippen MR) is 104 cm³/mol. The van der Waals surface area contributed by atoms with Gasteiger partial charge in [0.15, 0.2) is 10.9 Å². The molecular weight excluding hydrogens is 389 g/mol. The molecule has 0 radical (unpaired) electrons. The molecule has 3 rings (SSSR count). The van der Waals surface area contributed by atoms with Gasteiger partial charge >= 0.3 is 6.18 Å². The molecule has 0 aliphatic heterocycles. The highest BCUT2D eigenvalue weighted by molar-refractivity contribution is 7.80. The van der Waals surface area contributed by atoms with Gasteiger partial charge in [-0.1, -0.05) is 24.3 Å². The molecule has 0 spiro atoms. The summed E-state index contributed by atoms with van der Waals surface area (Å²) >= 11 is 4.91. The van der Waals surface area contributed by atoms with Crippen LogP contribution in [-0.4, -0.2) is 33.1 Å². The molecule has 1 aromatic heterocycles. The summed E-state index contributed by atoms with van der Waals surface area (Å²) < 4.78 is 39.4. The van der Waals surface area contributed by atoms with Crippen LogP contribution in [0.25, 0.3) is 17.1 Å². The second kappa shape index (κ2) is 8.17. The van der Waals surface area contributed by atoms with Crippen molar-refractivity contribution in [3.05, 3.63) is 66.0 Å². The number of nitrogens with zero attached hydrogens (tertiary/aromatic N) is 4. The summed E-state index contributed by atoms with van der Waals surface area (Å²) in [5.41, 5.74) is 4.04. The number of aromatic nitrogens is 3. The lowest BCUT2D eigenvalue weighted by Crippen LogP contribution is -2.28. The monoisotopic (exact) mass is 404 g/mol. The Balaban J connectivity index is 1.72. The Kier molecular flexibility index (Phi) is 5.69. The summed E-state index contributed by atoms with van der Waals surface area (Å²) in [6.45, 7) is 0. The first kappa shape index (κ1) is 19.5. The second-order valence-corrected chi connectivity index (χ2v) is 6.04. The molecule has 0 saturated carbocycles. The molecule has 144 valence electrons. The van der Waals surface area contributed by atoms with E-state index >= 15 is 0 Å². The standard InChI is InChI=1S/C18H15F3N6S/c1-22-17(28)25-24-10-12-2-4-13(5-3-12)16-23-11-27(26-16)15-8-6-14(7-9-15)18(19,20)21/h2-11H,1H3,(H2,22,25,28)/b24-10+. The smallest absolute Gasteiger partial charge is 0.364 e. The first-order valence-corrected chi connectivity index (χ1v) is 8.48. The van der Waals surface area contributed by atoms with E-state index in [0.717, 1.165) is 23.3 Å². The van der Waals surface area contributed by atoms with Crippen LogP contribution in [0.15, 0.2) is 60.0 Å². The van der Waals surface area contributed by atoms with Gasteiger partial charge in [0.25, 0.3) is 0 Å². The molecule has 0 saturated heterocycles. The van der Waals surface area contributed by atoms with E-state index in [1.54, 1.807) is 13.3 Å². The maximum Gasteiger partial charge on any atom is 0.416 e. The fourth-order valence-electron chi connectivity index (χ4n) is 2.26. The molecule has 28 heavy (non-hydrogen) atoms. The van der Waals surface area contributed by atoms with Gasteiger partial charge in [-0.05, 0) is 42.0 Å². The van der Waals surface area contributed by atoms with Gasteiger partial charge in [-0.15, -0.1) is 5.10 Å². The SMILES string of the molecule is CNC(=S)N/N=C/c1ccc(-c2ncn(-c3ccc(C(F)(F)F)cc3)n2)cc1. The number of hydrazone groups is 1. The van der Waals surface area contributed by atoms with Gasteiger partial charge in [0, 0.05) is 12.6 Å². The lowest BCUT2D eigenvalue weighted by atomic mass is 10.1. The molecule has 0 amide bonds. The Hall–Kier alpha value is -3.27. The Bertz CT molecular complexity index is 978. The number of rotatable bonds is 4. The zero-order valence-corrected chi connectivity index (χ0v) is 15.4. The number of hydrogen-bond acceptors (Lipinski definition) is 4. The Morgan fingerprint density at radius 1 is 1.11 bits per heavy atom. The van der Waals surface area contributed by atoms with Crippen LogP contribution in [0.1, 0.15) is 11.1 Å². The summed E-state index contributed by atoms with van der Waals surface area (Å²) in [5, 5.41) is 11.5. The minimum atomic E-state index is -4.37. The average molecular weight is 404 g/mol. The van der Waals surface area contributed by atoms with Crippen molar-refractivity contribution >= 4 is 23.5 Å².